The quantitative estimate of drug-likeness (QED) is 0.449. The highest BCUT2D eigenvalue weighted by atomic mass is 16.6. The van der Waals surface area contributed by atoms with Crippen molar-refractivity contribution >= 4 is 0 Å². The van der Waals surface area contributed by atoms with Gasteiger partial charge in [-0.2, -0.15) is 0 Å². The summed E-state index contributed by atoms with van der Waals surface area (Å²) in [7, 11) is 0. The molecule has 1 saturated heterocycles. The fourth-order valence-corrected chi connectivity index (χ4v) is 1.75. The summed E-state index contributed by atoms with van der Waals surface area (Å²) >= 11 is 0. The van der Waals surface area contributed by atoms with E-state index in [0.29, 0.717) is 17.6 Å². The highest BCUT2D eigenvalue weighted by molar-refractivity contribution is 5.07. The summed E-state index contributed by atoms with van der Waals surface area (Å²) in [5.74, 6) is 0. The lowest BCUT2D eigenvalue weighted by Crippen LogP contribution is -2.25. The van der Waals surface area contributed by atoms with Crippen molar-refractivity contribution in [3.8, 4) is 0 Å². The van der Waals surface area contributed by atoms with Gasteiger partial charge in [0, 0.05) is 0 Å². The second kappa shape index (κ2) is 1.51. The van der Waals surface area contributed by atoms with Crippen LogP contribution in [-0.2, 0) is 4.74 Å². The standard InChI is InChI=1S/C8H13O/c1-8(2)5-3-4-6-7(8)9-6/h5-7H,3-4H2,1-2H3. The Kier molecular flexibility index (Phi) is 0.963. The summed E-state index contributed by atoms with van der Waals surface area (Å²) in [4.78, 5) is 0. The highest BCUT2D eigenvalue weighted by Crippen LogP contribution is 2.47. The van der Waals surface area contributed by atoms with Crippen LogP contribution in [0.2, 0.25) is 0 Å². The van der Waals surface area contributed by atoms with Crippen molar-refractivity contribution in [1.29, 1.82) is 0 Å². The molecule has 1 nitrogen and oxygen atoms in total. The third-order valence-electron chi connectivity index (χ3n) is 2.44. The first-order valence-electron chi connectivity index (χ1n) is 3.70. The van der Waals surface area contributed by atoms with Crippen LogP contribution in [0.1, 0.15) is 26.7 Å². The zero-order chi connectivity index (χ0) is 6.48. The molecule has 1 radical (unpaired) electrons. The molecule has 9 heavy (non-hydrogen) atoms. The van der Waals surface area contributed by atoms with E-state index >= 15 is 0 Å². The fourth-order valence-electron chi connectivity index (χ4n) is 1.75. The molecule has 1 saturated carbocycles. The van der Waals surface area contributed by atoms with Gasteiger partial charge in [-0.3, -0.25) is 0 Å². The predicted molar refractivity (Wildman–Crippen MR) is 36.0 cm³/mol. The van der Waals surface area contributed by atoms with Crippen LogP contribution in [0, 0.1) is 11.8 Å². The molecule has 2 atom stereocenters. The van der Waals surface area contributed by atoms with Crippen LogP contribution in [0.25, 0.3) is 0 Å². The molecule has 1 heterocycles. The molecule has 51 valence electrons. The van der Waals surface area contributed by atoms with E-state index in [1.165, 1.54) is 12.8 Å². The summed E-state index contributed by atoms with van der Waals surface area (Å²) in [6.07, 6.45) is 6.07. The van der Waals surface area contributed by atoms with E-state index in [4.69, 9.17) is 4.74 Å². The minimum absolute atomic E-state index is 0.364. The fraction of sp³-hybridized carbons (Fsp3) is 0.875. The normalized spacial score (nSPS) is 46.0. The maximum Gasteiger partial charge on any atom is 0.0895 e. The smallest absolute Gasteiger partial charge is 0.0895 e. The minimum atomic E-state index is 0.364. The van der Waals surface area contributed by atoms with Crippen molar-refractivity contribution in [2.75, 3.05) is 0 Å². The molecule has 0 bridgehead atoms. The van der Waals surface area contributed by atoms with Gasteiger partial charge in [0.25, 0.3) is 0 Å². The van der Waals surface area contributed by atoms with Crippen molar-refractivity contribution < 1.29 is 4.74 Å². The van der Waals surface area contributed by atoms with E-state index in [1.54, 1.807) is 0 Å². The van der Waals surface area contributed by atoms with Gasteiger partial charge >= 0.3 is 0 Å². The van der Waals surface area contributed by atoms with Crippen molar-refractivity contribution in [3.63, 3.8) is 0 Å². The van der Waals surface area contributed by atoms with Gasteiger partial charge in [0.2, 0.25) is 0 Å². The zero-order valence-corrected chi connectivity index (χ0v) is 6.05. The lowest BCUT2D eigenvalue weighted by atomic mass is 9.77. The summed E-state index contributed by atoms with van der Waals surface area (Å²) in [5.41, 5.74) is 0.364. The van der Waals surface area contributed by atoms with Crippen molar-refractivity contribution in [2.24, 2.45) is 5.41 Å². The average molecular weight is 125 g/mol. The first-order chi connectivity index (χ1) is 4.20. The molecule has 2 rings (SSSR count). The monoisotopic (exact) mass is 125 g/mol. The Morgan fingerprint density at radius 1 is 1.56 bits per heavy atom. The van der Waals surface area contributed by atoms with Gasteiger partial charge < -0.3 is 4.74 Å². The Morgan fingerprint density at radius 2 is 2.33 bits per heavy atom. The number of epoxide rings is 1. The number of hydrogen-bond donors (Lipinski definition) is 0. The largest absolute Gasteiger partial charge is 0.369 e. The molecular weight excluding hydrogens is 112 g/mol. The summed E-state index contributed by atoms with van der Waals surface area (Å²) in [5, 5.41) is 0. The molecule has 0 N–H and O–H groups in total. The van der Waals surface area contributed by atoms with E-state index < -0.39 is 0 Å². The van der Waals surface area contributed by atoms with Gasteiger partial charge in [0.15, 0.2) is 0 Å². The molecule has 0 aromatic rings. The van der Waals surface area contributed by atoms with E-state index in [9.17, 15) is 0 Å². The van der Waals surface area contributed by atoms with Crippen LogP contribution in [0.5, 0.6) is 0 Å². The third-order valence-corrected chi connectivity index (χ3v) is 2.44. The molecule has 2 aliphatic rings. The Balaban J connectivity index is 2.09. The van der Waals surface area contributed by atoms with Gasteiger partial charge in [0.1, 0.15) is 0 Å². The second-order valence-corrected chi connectivity index (χ2v) is 3.70. The lowest BCUT2D eigenvalue weighted by Gasteiger charge is -2.24. The highest BCUT2D eigenvalue weighted by Gasteiger charge is 2.51. The number of fused-ring (bicyclic) bond motifs is 1. The topological polar surface area (TPSA) is 12.5 Å². The Morgan fingerprint density at radius 3 is 2.89 bits per heavy atom. The molecule has 1 heteroatoms. The average Bonchev–Trinajstić information content (AvgIpc) is 2.43. The van der Waals surface area contributed by atoms with Crippen molar-refractivity contribution in [3.05, 3.63) is 6.42 Å². The maximum absolute atomic E-state index is 5.46. The number of rotatable bonds is 0. The van der Waals surface area contributed by atoms with Crippen LogP contribution >= 0.6 is 0 Å². The summed E-state index contributed by atoms with van der Waals surface area (Å²) in [6, 6.07) is 0. The molecule has 2 unspecified atom stereocenters. The molecule has 2 fully saturated rings. The molecule has 0 spiro atoms. The van der Waals surface area contributed by atoms with E-state index in [1.807, 2.05) is 0 Å². The first-order valence-corrected chi connectivity index (χ1v) is 3.70. The summed E-state index contributed by atoms with van der Waals surface area (Å²) in [6.45, 7) is 4.52. The van der Waals surface area contributed by atoms with Crippen LogP contribution in [0.3, 0.4) is 0 Å². The van der Waals surface area contributed by atoms with Crippen molar-refractivity contribution in [1.82, 2.24) is 0 Å². The first kappa shape index (κ1) is 5.72. The predicted octanol–water partition coefficient (Wildman–Crippen LogP) is 1.78. The number of hydrogen-bond acceptors (Lipinski definition) is 1. The second-order valence-electron chi connectivity index (χ2n) is 3.70. The zero-order valence-electron chi connectivity index (χ0n) is 6.05. The number of ether oxygens (including phenoxy) is 1. The van der Waals surface area contributed by atoms with Crippen LogP contribution in [0.15, 0.2) is 0 Å². The Labute approximate surface area is 56.4 Å². The molecular formula is C8H13O. The van der Waals surface area contributed by atoms with E-state index in [0.717, 1.165) is 0 Å². The molecule has 0 aromatic carbocycles. The van der Waals surface area contributed by atoms with Crippen LogP contribution in [0.4, 0.5) is 0 Å². The van der Waals surface area contributed by atoms with Gasteiger partial charge in [-0.25, -0.2) is 0 Å². The Hall–Kier alpha value is -0.0400. The van der Waals surface area contributed by atoms with Gasteiger partial charge in [-0.1, -0.05) is 13.8 Å². The maximum atomic E-state index is 5.46. The molecule has 0 aromatic heterocycles. The van der Waals surface area contributed by atoms with E-state index in [2.05, 4.69) is 20.3 Å². The van der Waals surface area contributed by atoms with Gasteiger partial charge in [0.05, 0.1) is 12.2 Å². The molecule has 1 aliphatic carbocycles. The summed E-state index contributed by atoms with van der Waals surface area (Å²) < 4.78 is 5.46. The van der Waals surface area contributed by atoms with Crippen molar-refractivity contribution in [2.45, 2.75) is 38.9 Å². The van der Waals surface area contributed by atoms with E-state index in [-0.39, 0.29) is 0 Å². The molecule has 1 aliphatic heterocycles. The SMILES string of the molecule is CC1(C)[CH]CCC2OC21. The minimum Gasteiger partial charge on any atom is -0.369 e. The molecule has 0 amide bonds. The van der Waals surface area contributed by atoms with Crippen LogP contribution in [-0.4, -0.2) is 12.2 Å². The van der Waals surface area contributed by atoms with Gasteiger partial charge in [-0.15, -0.1) is 0 Å². The van der Waals surface area contributed by atoms with Gasteiger partial charge in [-0.05, 0) is 24.7 Å². The lowest BCUT2D eigenvalue weighted by molar-refractivity contribution is 0.279. The van der Waals surface area contributed by atoms with Crippen LogP contribution < -0.4 is 0 Å². The Bertz CT molecular complexity index is 129. The third kappa shape index (κ3) is 0.787.